The highest BCUT2D eigenvalue weighted by molar-refractivity contribution is 5.95. The van der Waals surface area contributed by atoms with Crippen LogP contribution in [0.2, 0.25) is 0 Å². The number of H-pyrrole nitrogens is 2. The fourth-order valence-corrected chi connectivity index (χ4v) is 4.93. The minimum absolute atomic E-state index is 0.107. The molecule has 7 heterocycles. The van der Waals surface area contributed by atoms with Crippen molar-refractivity contribution in [1.29, 1.82) is 0 Å². The van der Waals surface area contributed by atoms with Crippen LogP contribution in [0.4, 0.5) is 8.78 Å². The quantitative estimate of drug-likeness (QED) is 0.341. The Morgan fingerprint density at radius 2 is 1.87 bits per heavy atom. The van der Waals surface area contributed by atoms with Crippen molar-refractivity contribution in [2.75, 3.05) is 13.1 Å². The monoisotopic (exact) mass is 509 g/mol. The number of nitrogens with one attached hydrogen (secondary N) is 2. The number of nitrogens with zero attached hydrogens (tertiary/aromatic N) is 7. The number of hydrogen-bond acceptors (Lipinski definition) is 7. The number of likely N-dealkylation sites (tertiary alicyclic amines) is 1. The largest absolute Gasteiger partial charge is 0.321 e. The average molecular weight is 510 g/mol. The maximum absolute atomic E-state index is 13.6. The third-order valence-corrected chi connectivity index (χ3v) is 6.75. The van der Waals surface area contributed by atoms with E-state index in [0.29, 0.717) is 41.4 Å². The molecule has 11 heteroatoms. The van der Waals surface area contributed by atoms with Crippen LogP contribution < -0.4 is 0 Å². The number of rotatable bonds is 5. The summed E-state index contributed by atoms with van der Waals surface area (Å²) < 4.78 is 27.2. The Kier molecular flexibility index (Phi) is 5.18. The first-order valence-corrected chi connectivity index (χ1v) is 12.2. The molecule has 0 unspecified atom stereocenters. The van der Waals surface area contributed by atoms with E-state index in [9.17, 15) is 8.78 Å². The number of aromatic amines is 2. The minimum atomic E-state index is -2.62. The van der Waals surface area contributed by atoms with Crippen molar-refractivity contribution >= 4 is 22.2 Å². The molecule has 0 saturated carbocycles. The lowest BCUT2D eigenvalue weighted by Crippen LogP contribution is -2.24. The topological polar surface area (TPSA) is 112 Å². The summed E-state index contributed by atoms with van der Waals surface area (Å²) in [7, 11) is 0. The summed E-state index contributed by atoms with van der Waals surface area (Å²) in [5.74, 6) is -2.06. The summed E-state index contributed by atoms with van der Waals surface area (Å²) in [4.78, 5) is 27.7. The molecule has 0 aromatic carbocycles. The van der Waals surface area contributed by atoms with Gasteiger partial charge < -0.3 is 4.98 Å². The molecule has 0 atom stereocenters. The van der Waals surface area contributed by atoms with Crippen LogP contribution in [0.25, 0.3) is 56.1 Å². The van der Waals surface area contributed by atoms with E-state index in [4.69, 9.17) is 4.98 Å². The van der Waals surface area contributed by atoms with Crippen molar-refractivity contribution < 1.29 is 8.78 Å². The first-order chi connectivity index (χ1) is 18.5. The third kappa shape index (κ3) is 4.06. The smallest absolute Gasteiger partial charge is 0.261 e. The van der Waals surface area contributed by atoms with Crippen LogP contribution in [0.5, 0.6) is 0 Å². The number of hydrogen-bond donors (Lipinski definition) is 2. The Balaban J connectivity index is 1.24. The number of halogens is 2. The van der Waals surface area contributed by atoms with Gasteiger partial charge in [-0.2, -0.15) is 5.10 Å². The Labute approximate surface area is 215 Å². The van der Waals surface area contributed by atoms with E-state index in [1.165, 1.54) is 0 Å². The van der Waals surface area contributed by atoms with Crippen molar-refractivity contribution in [3.63, 3.8) is 0 Å². The molecular weight excluding hydrogens is 488 g/mol. The zero-order valence-electron chi connectivity index (χ0n) is 20.1. The molecule has 0 radical (unpaired) electrons. The van der Waals surface area contributed by atoms with Crippen LogP contribution in [-0.4, -0.2) is 64.0 Å². The second kappa shape index (κ2) is 8.73. The molecule has 9 nitrogen and oxygen atoms in total. The SMILES string of the molecule is FC1(F)CCN(Cc2cncc(-c3cnc4[nH]nc(-c5nc6c(-c7ccccn7)ccnc6[nH]5)c4c3)c2)C1. The van der Waals surface area contributed by atoms with Crippen LogP contribution in [-0.2, 0) is 6.54 Å². The molecule has 188 valence electrons. The fraction of sp³-hybridized carbons (Fsp3) is 0.185. The van der Waals surface area contributed by atoms with E-state index in [-0.39, 0.29) is 13.0 Å². The number of aromatic nitrogens is 8. The molecular formula is C27H21F2N9. The van der Waals surface area contributed by atoms with Gasteiger partial charge in [0.1, 0.15) is 11.2 Å². The number of fused-ring (bicyclic) bond motifs is 2. The molecule has 6 aromatic heterocycles. The number of imidazole rings is 1. The lowest BCUT2D eigenvalue weighted by molar-refractivity contribution is 0.0115. The number of pyridine rings is 4. The lowest BCUT2D eigenvalue weighted by Gasteiger charge is -2.15. The van der Waals surface area contributed by atoms with Gasteiger partial charge >= 0.3 is 0 Å². The minimum Gasteiger partial charge on any atom is -0.321 e. The van der Waals surface area contributed by atoms with Gasteiger partial charge in [0.05, 0.1) is 17.6 Å². The third-order valence-electron chi connectivity index (χ3n) is 6.75. The maximum Gasteiger partial charge on any atom is 0.261 e. The van der Waals surface area contributed by atoms with Gasteiger partial charge in [-0.25, -0.2) is 23.7 Å². The first-order valence-electron chi connectivity index (χ1n) is 12.2. The van der Waals surface area contributed by atoms with Gasteiger partial charge in [0, 0.05) is 67.2 Å². The Bertz CT molecular complexity index is 1780. The van der Waals surface area contributed by atoms with E-state index in [0.717, 1.165) is 33.3 Å². The Hall–Kier alpha value is -4.64. The summed E-state index contributed by atoms with van der Waals surface area (Å²) in [5.41, 5.74) is 6.79. The Morgan fingerprint density at radius 3 is 2.71 bits per heavy atom. The van der Waals surface area contributed by atoms with Gasteiger partial charge in [-0.1, -0.05) is 6.07 Å². The molecule has 2 N–H and O–H groups in total. The summed E-state index contributed by atoms with van der Waals surface area (Å²) in [6.45, 7) is 0.572. The van der Waals surface area contributed by atoms with E-state index in [1.807, 2.05) is 36.4 Å². The summed E-state index contributed by atoms with van der Waals surface area (Å²) in [6, 6.07) is 11.6. The van der Waals surface area contributed by atoms with Gasteiger partial charge in [-0.15, -0.1) is 0 Å². The molecule has 1 aliphatic heterocycles. The standard InChI is InChI=1S/C27H21F2N9/c28-27(29)5-8-38(15-27)14-16-9-17(12-30-11-16)18-10-20-23(36-37-24(20)33-13-18)26-34-22-19(4-7-32-25(22)35-26)21-3-1-2-6-31-21/h1-4,6-7,9-13H,5,8,14-15H2,(H,32,34,35)(H,33,36,37). The normalized spacial score (nSPS) is 15.5. The van der Waals surface area contributed by atoms with Gasteiger partial charge in [-0.3, -0.25) is 20.0 Å². The van der Waals surface area contributed by atoms with Crippen molar-refractivity contribution in [2.24, 2.45) is 0 Å². The molecule has 1 fully saturated rings. The van der Waals surface area contributed by atoms with Gasteiger partial charge in [0.2, 0.25) is 0 Å². The predicted molar refractivity (Wildman–Crippen MR) is 138 cm³/mol. The average Bonchev–Trinajstić information content (AvgIpc) is 3.64. The summed E-state index contributed by atoms with van der Waals surface area (Å²) in [5, 5.41) is 8.24. The summed E-state index contributed by atoms with van der Waals surface area (Å²) in [6.07, 6.45) is 8.57. The van der Waals surface area contributed by atoms with Gasteiger partial charge in [-0.05, 0) is 35.9 Å². The van der Waals surface area contributed by atoms with Crippen LogP contribution in [0.3, 0.4) is 0 Å². The second-order valence-electron chi connectivity index (χ2n) is 9.45. The van der Waals surface area contributed by atoms with Crippen LogP contribution in [0.15, 0.2) is 67.4 Å². The van der Waals surface area contributed by atoms with Crippen LogP contribution >= 0.6 is 0 Å². The zero-order chi connectivity index (χ0) is 25.7. The molecule has 0 aliphatic carbocycles. The number of alkyl halides is 2. The molecule has 0 amide bonds. The highest BCUT2D eigenvalue weighted by Gasteiger charge is 2.37. The predicted octanol–water partition coefficient (Wildman–Crippen LogP) is 4.86. The van der Waals surface area contributed by atoms with Crippen molar-refractivity contribution in [3.05, 3.63) is 72.9 Å². The molecule has 0 spiro atoms. The van der Waals surface area contributed by atoms with E-state index in [2.05, 4.69) is 35.1 Å². The highest BCUT2D eigenvalue weighted by Crippen LogP contribution is 2.32. The van der Waals surface area contributed by atoms with E-state index >= 15 is 0 Å². The van der Waals surface area contributed by atoms with E-state index in [1.54, 1.807) is 35.9 Å². The van der Waals surface area contributed by atoms with Crippen molar-refractivity contribution in [3.8, 4) is 33.9 Å². The van der Waals surface area contributed by atoms with Gasteiger partial charge in [0.15, 0.2) is 17.1 Å². The Morgan fingerprint density at radius 1 is 0.947 bits per heavy atom. The highest BCUT2D eigenvalue weighted by atomic mass is 19.3. The van der Waals surface area contributed by atoms with E-state index < -0.39 is 5.92 Å². The van der Waals surface area contributed by atoms with Crippen LogP contribution in [0.1, 0.15) is 12.0 Å². The van der Waals surface area contributed by atoms with Crippen molar-refractivity contribution in [2.45, 2.75) is 18.9 Å². The van der Waals surface area contributed by atoms with Gasteiger partial charge in [0.25, 0.3) is 5.92 Å². The van der Waals surface area contributed by atoms with Crippen molar-refractivity contribution in [1.82, 2.24) is 45.0 Å². The first kappa shape index (κ1) is 22.5. The molecule has 38 heavy (non-hydrogen) atoms. The molecule has 1 aliphatic rings. The second-order valence-corrected chi connectivity index (χ2v) is 9.45. The molecule has 1 saturated heterocycles. The maximum atomic E-state index is 13.6. The lowest BCUT2D eigenvalue weighted by atomic mass is 10.1. The fourth-order valence-electron chi connectivity index (χ4n) is 4.93. The zero-order valence-corrected chi connectivity index (χ0v) is 20.1. The van der Waals surface area contributed by atoms with Crippen LogP contribution in [0, 0.1) is 0 Å². The molecule has 7 rings (SSSR count). The summed E-state index contributed by atoms with van der Waals surface area (Å²) >= 11 is 0. The molecule has 6 aromatic rings. The molecule has 0 bridgehead atoms.